The van der Waals surface area contributed by atoms with Crippen molar-refractivity contribution in [2.45, 2.75) is 24.8 Å². The van der Waals surface area contributed by atoms with Gasteiger partial charge in [0, 0.05) is 11.1 Å². The van der Waals surface area contributed by atoms with Crippen LogP contribution in [0.25, 0.3) is 10.8 Å². The highest BCUT2D eigenvalue weighted by molar-refractivity contribution is 7.89. The maximum absolute atomic E-state index is 12.5. The number of ether oxygens (including phenoxy) is 1. The summed E-state index contributed by atoms with van der Waals surface area (Å²) < 4.78 is 32.8. The van der Waals surface area contributed by atoms with Crippen LogP contribution in [0.5, 0.6) is 5.75 Å². The lowest BCUT2D eigenvalue weighted by molar-refractivity contribution is -0.117. The number of sulfonamides is 1. The molecule has 0 aromatic heterocycles. The Morgan fingerprint density at radius 2 is 1.68 bits per heavy atom. The summed E-state index contributed by atoms with van der Waals surface area (Å²) in [6.45, 7) is 3.85. The SMILES string of the molecule is CCOc1ccc(S(=O)(=O)N[C@@H](C)C(=O)Nc2cccc3ccccc23)cc1. The molecule has 0 radical (unpaired) electrons. The molecule has 0 bridgehead atoms. The molecule has 0 aliphatic heterocycles. The molecule has 6 nitrogen and oxygen atoms in total. The highest BCUT2D eigenvalue weighted by Gasteiger charge is 2.22. The average Bonchev–Trinajstić information content (AvgIpc) is 2.68. The van der Waals surface area contributed by atoms with Crippen LogP contribution in [-0.2, 0) is 14.8 Å². The Hall–Kier alpha value is -2.90. The van der Waals surface area contributed by atoms with E-state index < -0.39 is 22.0 Å². The fourth-order valence-corrected chi connectivity index (χ4v) is 4.01. The van der Waals surface area contributed by atoms with Gasteiger partial charge in [-0.15, -0.1) is 0 Å². The van der Waals surface area contributed by atoms with E-state index in [0.717, 1.165) is 10.8 Å². The van der Waals surface area contributed by atoms with Crippen molar-refractivity contribution >= 4 is 32.4 Å². The smallest absolute Gasteiger partial charge is 0.242 e. The van der Waals surface area contributed by atoms with Crippen molar-refractivity contribution in [3.05, 3.63) is 66.7 Å². The van der Waals surface area contributed by atoms with E-state index in [2.05, 4.69) is 10.0 Å². The Bertz CT molecular complexity index is 1070. The van der Waals surface area contributed by atoms with Gasteiger partial charge in [-0.3, -0.25) is 4.79 Å². The molecule has 2 N–H and O–H groups in total. The maximum Gasteiger partial charge on any atom is 0.242 e. The third kappa shape index (κ3) is 4.49. The first-order valence-corrected chi connectivity index (χ1v) is 10.4. The van der Waals surface area contributed by atoms with E-state index in [1.165, 1.54) is 19.1 Å². The number of amides is 1. The third-order valence-electron chi connectivity index (χ3n) is 4.22. The molecule has 0 saturated carbocycles. The molecule has 0 aliphatic rings. The van der Waals surface area contributed by atoms with Crippen molar-refractivity contribution in [3.63, 3.8) is 0 Å². The summed E-state index contributed by atoms with van der Waals surface area (Å²) in [5, 5.41) is 4.68. The number of nitrogens with one attached hydrogen (secondary N) is 2. The minimum absolute atomic E-state index is 0.0702. The topological polar surface area (TPSA) is 84.5 Å². The van der Waals surface area contributed by atoms with Crippen LogP contribution in [-0.4, -0.2) is 27.0 Å². The molecule has 0 spiro atoms. The van der Waals surface area contributed by atoms with E-state index in [9.17, 15) is 13.2 Å². The summed E-state index contributed by atoms with van der Waals surface area (Å²) in [5.74, 6) is 0.147. The first-order valence-electron chi connectivity index (χ1n) is 8.94. The Morgan fingerprint density at radius 3 is 2.39 bits per heavy atom. The second-order valence-corrected chi connectivity index (χ2v) is 7.98. The van der Waals surface area contributed by atoms with E-state index in [0.29, 0.717) is 18.0 Å². The number of carbonyl (C=O) groups is 1. The van der Waals surface area contributed by atoms with Crippen LogP contribution in [0.3, 0.4) is 0 Å². The molecule has 1 amide bonds. The van der Waals surface area contributed by atoms with E-state index in [-0.39, 0.29) is 4.90 Å². The van der Waals surface area contributed by atoms with Crippen molar-refractivity contribution < 1.29 is 17.9 Å². The van der Waals surface area contributed by atoms with Crippen LogP contribution < -0.4 is 14.8 Å². The van der Waals surface area contributed by atoms with Crippen LogP contribution >= 0.6 is 0 Å². The number of benzene rings is 3. The predicted octanol–water partition coefficient (Wildman–Crippen LogP) is 3.54. The molecule has 0 aliphatic carbocycles. The molecular weight excluding hydrogens is 376 g/mol. The third-order valence-corrected chi connectivity index (χ3v) is 5.77. The van der Waals surface area contributed by atoms with Crippen molar-refractivity contribution in [1.29, 1.82) is 0 Å². The normalized spacial score (nSPS) is 12.5. The highest BCUT2D eigenvalue weighted by atomic mass is 32.2. The molecule has 0 unspecified atom stereocenters. The van der Waals surface area contributed by atoms with E-state index in [1.54, 1.807) is 18.2 Å². The standard InChI is InChI=1S/C21H22N2O4S/c1-3-27-17-11-13-18(14-12-17)28(25,26)23-15(2)21(24)22-20-10-6-8-16-7-4-5-9-19(16)20/h4-15,23H,3H2,1-2H3,(H,22,24)/t15-/m0/s1. The number of hydrogen-bond donors (Lipinski definition) is 2. The van der Waals surface area contributed by atoms with Crippen LogP contribution in [0.2, 0.25) is 0 Å². The lowest BCUT2D eigenvalue weighted by atomic mass is 10.1. The Kier molecular flexibility index (Phi) is 5.96. The number of fused-ring (bicyclic) bond motifs is 1. The maximum atomic E-state index is 12.5. The van der Waals surface area contributed by atoms with Gasteiger partial charge in [0.05, 0.1) is 17.5 Å². The largest absolute Gasteiger partial charge is 0.494 e. The highest BCUT2D eigenvalue weighted by Crippen LogP contribution is 2.23. The Labute approximate surface area is 164 Å². The Morgan fingerprint density at radius 1 is 1.00 bits per heavy atom. The molecule has 0 fully saturated rings. The van der Waals surface area contributed by atoms with Crippen LogP contribution in [0.4, 0.5) is 5.69 Å². The van der Waals surface area contributed by atoms with Gasteiger partial charge in [0.1, 0.15) is 5.75 Å². The second-order valence-electron chi connectivity index (χ2n) is 6.26. The van der Waals surface area contributed by atoms with Crippen molar-refractivity contribution in [1.82, 2.24) is 4.72 Å². The molecule has 3 aromatic rings. The summed E-state index contributed by atoms with van der Waals surface area (Å²) >= 11 is 0. The van der Waals surface area contributed by atoms with Gasteiger partial charge in [0.2, 0.25) is 15.9 Å². The number of hydrogen-bond acceptors (Lipinski definition) is 4. The summed E-state index contributed by atoms with van der Waals surface area (Å²) in [6.07, 6.45) is 0. The molecule has 146 valence electrons. The van der Waals surface area contributed by atoms with Crippen molar-refractivity contribution in [3.8, 4) is 5.75 Å². The van der Waals surface area contributed by atoms with Gasteiger partial charge in [0.25, 0.3) is 0 Å². The number of rotatable bonds is 7. The predicted molar refractivity (Wildman–Crippen MR) is 110 cm³/mol. The molecule has 3 rings (SSSR count). The van der Waals surface area contributed by atoms with Gasteiger partial charge < -0.3 is 10.1 Å². The fraction of sp³-hybridized carbons (Fsp3) is 0.190. The zero-order valence-electron chi connectivity index (χ0n) is 15.7. The lowest BCUT2D eigenvalue weighted by Crippen LogP contribution is -2.41. The van der Waals surface area contributed by atoms with Crippen LogP contribution in [0, 0.1) is 0 Å². The summed E-state index contributed by atoms with van der Waals surface area (Å²) in [6, 6.07) is 18.3. The average molecular weight is 398 g/mol. The molecule has 1 atom stereocenters. The first-order chi connectivity index (χ1) is 13.4. The van der Waals surface area contributed by atoms with Gasteiger partial charge >= 0.3 is 0 Å². The Balaban J connectivity index is 1.72. The number of anilines is 1. The summed E-state index contributed by atoms with van der Waals surface area (Å²) in [5.41, 5.74) is 0.634. The molecule has 7 heteroatoms. The molecule has 0 heterocycles. The molecule has 3 aromatic carbocycles. The van der Waals surface area contributed by atoms with Gasteiger partial charge in [0.15, 0.2) is 0 Å². The fourth-order valence-electron chi connectivity index (χ4n) is 2.81. The monoisotopic (exact) mass is 398 g/mol. The minimum atomic E-state index is -3.84. The zero-order valence-corrected chi connectivity index (χ0v) is 16.5. The first kappa shape index (κ1) is 19.9. The van der Waals surface area contributed by atoms with Gasteiger partial charge in [-0.2, -0.15) is 4.72 Å². The van der Waals surface area contributed by atoms with Crippen molar-refractivity contribution in [2.75, 3.05) is 11.9 Å². The van der Waals surface area contributed by atoms with E-state index in [1.807, 2.05) is 43.3 Å². The molecular formula is C21H22N2O4S. The zero-order chi connectivity index (χ0) is 20.1. The molecule has 28 heavy (non-hydrogen) atoms. The van der Waals surface area contributed by atoms with E-state index >= 15 is 0 Å². The van der Waals surface area contributed by atoms with Crippen molar-refractivity contribution in [2.24, 2.45) is 0 Å². The van der Waals surface area contributed by atoms with Gasteiger partial charge in [-0.25, -0.2) is 8.42 Å². The second kappa shape index (κ2) is 8.41. The summed E-state index contributed by atoms with van der Waals surface area (Å²) in [7, 11) is -3.84. The quantitative estimate of drug-likeness (QED) is 0.637. The lowest BCUT2D eigenvalue weighted by Gasteiger charge is -2.16. The van der Waals surface area contributed by atoms with Crippen LogP contribution in [0.1, 0.15) is 13.8 Å². The van der Waals surface area contributed by atoms with E-state index in [4.69, 9.17) is 4.74 Å². The number of carbonyl (C=O) groups excluding carboxylic acids is 1. The summed E-state index contributed by atoms with van der Waals surface area (Å²) in [4.78, 5) is 12.6. The van der Waals surface area contributed by atoms with Gasteiger partial charge in [-0.05, 0) is 49.6 Å². The minimum Gasteiger partial charge on any atom is -0.494 e. The van der Waals surface area contributed by atoms with Gasteiger partial charge in [-0.1, -0.05) is 36.4 Å². The molecule has 0 saturated heterocycles. The van der Waals surface area contributed by atoms with Crippen LogP contribution in [0.15, 0.2) is 71.6 Å².